The number of hydrogen-bond acceptors (Lipinski definition) is 18. The average Bonchev–Trinajstić information content (AvgIpc) is 1.53. The summed E-state index contributed by atoms with van der Waals surface area (Å²) in [4.78, 5) is 246. The molecule has 5 saturated carbocycles. The second-order valence-electron chi connectivity index (χ2n) is 46.9. The van der Waals surface area contributed by atoms with Crippen LogP contribution in [0.15, 0.2) is 12.7 Å². The van der Waals surface area contributed by atoms with Crippen LogP contribution in [0.4, 0.5) is 27.6 Å². The molecule has 0 bridgehead atoms. The Bertz CT molecular complexity index is 4480. The van der Waals surface area contributed by atoms with E-state index in [1.165, 1.54) is 19.6 Å². The number of urea groups is 3. The number of piperidine rings is 4. The first-order valence-corrected chi connectivity index (χ1v) is 47.7. The van der Waals surface area contributed by atoms with Crippen molar-refractivity contribution in [2.75, 3.05) is 53.4 Å². The molecule has 0 aromatic rings. The van der Waals surface area contributed by atoms with Crippen molar-refractivity contribution in [3.8, 4) is 0 Å². The van der Waals surface area contributed by atoms with Gasteiger partial charge >= 0.3 is 24.3 Å². The van der Waals surface area contributed by atoms with Crippen molar-refractivity contribution in [1.29, 1.82) is 0 Å². The number of amides is 18. The third-order valence-corrected chi connectivity index (χ3v) is 29.4. The van der Waals surface area contributed by atoms with Crippen molar-refractivity contribution in [2.45, 2.75) is 335 Å². The highest BCUT2D eigenvalue weighted by molar-refractivity contribution is 6.39. The molecule has 9 rings (SSSR count). The van der Waals surface area contributed by atoms with Gasteiger partial charge in [-0.2, -0.15) is 13.2 Å². The molecule has 0 radical (unpaired) electrons. The molecule has 9 aliphatic rings. The van der Waals surface area contributed by atoms with Crippen LogP contribution in [0.5, 0.6) is 0 Å². The van der Waals surface area contributed by atoms with Gasteiger partial charge in [-0.25, -0.2) is 14.4 Å². The Kier molecular flexibility index (Phi) is 35.3. The summed E-state index contributed by atoms with van der Waals surface area (Å²) in [6.45, 7) is 52.5. The van der Waals surface area contributed by atoms with E-state index in [1.54, 1.807) is 71.5 Å². The minimum atomic E-state index is -4.66. The van der Waals surface area contributed by atoms with Crippen LogP contribution in [0.1, 0.15) is 250 Å². The lowest BCUT2D eigenvalue weighted by Crippen LogP contribution is -2.63. The summed E-state index contributed by atoms with van der Waals surface area (Å²) >= 11 is 0. The van der Waals surface area contributed by atoms with Gasteiger partial charge in [0.15, 0.2) is 0 Å². The van der Waals surface area contributed by atoms with Gasteiger partial charge in [0.1, 0.15) is 54.4 Å². The number of nitrogens with zero attached hydrogens (tertiary/aromatic N) is 6. The van der Waals surface area contributed by atoms with E-state index in [1.807, 2.05) is 118 Å². The zero-order valence-electron chi connectivity index (χ0n) is 84.6. The van der Waals surface area contributed by atoms with E-state index in [4.69, 9.17) is 17.2 Å². The van der Waals surface area contributed by atoms with Gasteiger partial charge in [0.05, 0.1) is 18.1 Å². The lowest BCUT2D eigenvalue weighted by Gasteiger charge is -2.39. The average molecular weight is 1910 g/mol. The van der Waals surface area contributed by atoms with Gasteiger partial charge in [-0.15, -0.1) is 6.58 Å². The number of likely N-dealkylation sites (tertiary alicyclic amines) is 4. The summed E-state index contributed by atoms with van der Waals surface area (Å²) in [7, 11) is 3.25. The molecule has 15 N–H and O–H groups in total. The van der Waals surface area contributed by atoms with Crippen LogP contribution in [0.2, 0.25) is 0 Å². The lowest BCUT2D eigenvalue weighted by molar-refractivity contribution is -0.147. The van der Waals surface area contributed by atoms with Crippen LogP contribution in [0.25, 0.3) is 0 Å². The topological polar surface area (TPSA) is 513 Å². The molecule has 4 saturated heterocycles. The molecule has 18 amide bonds. The fourth-order valence-corrected chi connectivity index (χ4v) is 20.0. The second kappa shape index (κ2) is 42.5. The summed E-state index contributed by atoms with van der Waals surface area (Å²) in [6.07, 6.45) is 2.87. The smallest absolute Gasteiger partial charge is 0.363 e. The number of fused-ring (bicyclic) bond motifs is 3. The Labute approximate surface area is 794 Å². The first kappa shape index (κ1) is 112. The van der Waals surface area contributed by atoms with E-state index >= 15 is 0 Å². The molecule has 9 fully saturated rings. The van der Waals surface area contributed by atoms with Gasteiger partial charge in [0.25, 0.3) is 17.7 Å². The van der Waals surface area contributed by atoms with E-state index in [9.17, 15) is 99.5 Å². The maximum absolute atomic E-state index is 14.3. The Hall–Kier alpha value is -10.0. The molecule has 39 heteroatoms. The molecule has 4 aliphatic heterocycles. The van der Waals surface area contributed by atoms with Crippen molar-refractivity contribution in [1.82, 2.24) is 77.3 Å². The number of rotatable bonds is 34. The zero-order valence-corrected chi connectivity index (χ0v) is 84.6. The molecular weight excluding hydrogens is 1750 g/mol. The number of carbonyl (C=O) groups excluding carboxylic acids is 18. The predicted molar refractivity (Wildman–Crippen MR) is 498 cm³/mol. The molecule has 135 heavy (non-hydrogen) atoms. The third kappa shape index (κ3) is 27.3. The Morgan fingerprint density at radius 2 is 0.719 bits per heavy atom. The second-order valence-corrected chi connectivity index (χ2v) is 46.9. The van der Waals surface area contributed by atoms with E-state index in [-0.39, 0.29) is 101 Å². The van der Waals surface area contributed by atoms with Crippen molar-refractivity contribution >= 4 is 106 Å². The number of hydrogen-bond donors (Lipinski definition) is 12. The van der Waals surface area contributed by atoms with Crippen molar-refractivity contribution < 1.29 is 99.5 Å². The predicted octanol–water partition coefficient (Wildman–Crippen LogP) is 5.88. The lowest BCUT2D eigenvalue weighted by atomic mass is 9.80. The molecule has 5 aliphatic carbocycles. The van der Waals surface area contributed by atoms with Crippen LogP contribution in [-0.4, -0.2) is 274 Å². The molecule has 18 atom stereocenters. The number of nitrogens with two attached hydrogens (primary N) is 3. The molecule has 0 aromatic heterocycles. The molecule has 0 spiro atoms. The highest BCUT2D eigenvalue weighted by Crippen LogP contribution is 2.67. The zero-order chi connectivity index (χ0) is 103. The summed E-state index contributed by atoms with van der Waals surface area (Å²) in [6, 6.07) is -14.8. The molecule has 4 heterocycles. The van der Waals surface area contributed by atoms with Crippen LogP contribution in [-0.2, 0) is 71.9 Å². The standard InChI is InChI=1S/C33H54N6O6.C32H54N6O6.C31H49F3N6O6/c1-18(2)23(29(43)38-14-9-8-10-15-38)36-31(45)37-26(32(3,4)5)30(44)39-17-20-22(33(20,6)7)24(39)28(42)35-21(25(40)27(34)41)16-19-12-11-13-19;1-16(2)37(11)27(42)23(30(3,4)5)35-29(44)36-24(31(6,7)8)28(43)38-15-18-20(32(18,9)10)21(38)26(41)34-19(14-17-12-13-17)22(39)25(33)40;1-11-14-39(10)25(44)21(28(2,3)4)37-27(46)38-22(29(5,6)7)26(45)40-15-16-18(30(16,8)9)19(40)24(43)36-17(20(41)23(35)42)12-13-31(32,33)34/h18-24,26H,8-17H2,1-7H3,(H2,34,41)(H,35,42)(H2,36,37,45);16-21,23-24H,12-15H2,1-11H3,(H2,33,40)(H,34,41)(H2,35,36,44);11,16-19,21-22H,1,12-15H2,2-10H3,(H2,35,42)(H,36,43)(H2,37,38,46)/t20-,21?,22-,23-,24-,26+;18-,19?,20-,21-,23+,24+;16-,17?,18-,19-,21+,22+/m000/s1. The maximum atomic E-state index is 14.3. The SMILES string of the molecule is C=CCN(C)C(=O)[C@@H](NC(=O)N[C@H](C(=O)N1C[C@H]2[C@@H]([C@H]1C(=O)NC(CCC(F)(F)F)C(=O)C(N)=O)C2(C)C)C(C)(C)C)C(C)(C)C.CC(C)N(C)C(=O)[C@@H](NC(=O)N[C@H](C(=O)N1C[C@H]2[C@@H]([C@H]1C(=O)NC(CC1CC1)C(=O)C(N)=O)C2(C)C)C(C)(C)C)C(C)(C)C.CC(C)[C@H](NC(=O)N[C@H](C(=O)N1C[C@H]2[C@@H]([C@H]1C(=O)NC(CC1CCC1)C(=O)C(N)=O)C2(C)C)C(C)(C)C)C(=O)N1CCCCC1. The van der Waals surface area contributed by atoms with Gasteiger partial charge < -0.3 is 94.5 Å². The fourth-order valence-electron chi connectivity index (χ4n) is 20.0. The third-order valence-electron chi connectivity index (χ3n) is 29.4. The van der Waals surface area contributed by atoms with Gasteiger partial charge in [-0.3, -0.25) is 71.9 Å². The Balaban J connectivity index is 0.000000276. The quantitative estimate of drug-likeness (QED) is 0.0264. The molecular formula is C96H157F3N18O18. The van der Waals surface area contributed by atoms with E-state index in [0.29, 0.717) is 39.0 Å². The largest absolute Gasteiger partial charge is 0.389 e. The fraction of sp³-hybridized carbons (Fsp3) is 0.792. The highest BCUT2D eigenvalue weighted by atomic mass is 19.4. The van der Waals surface area contributed by atoms with Crippen LogP contribution in [0, 0.1) is 96.6 Å². The number of likely N-dealkylation sites (N-methyl/N-ethyl adjacent to an activating group) is 2. The van der Waals surface area contributed by atoms with Gasteiger partial charge in [0, 0.05) is 65.8 Å². The summed E-state index contributed by atoms with van der Waals surface area (Å²) in [5.41, 5.74) is 11.2. The first-order valence-electron chi connectivity index (χ1n) is 47.7. The molecule has 36 nitrogen and oxygen atoms in total. The summed E-state index contributed by atoms with van der Waals surface area (Å²) in [5, 5.41) is 24.5. The van der Waals surface area contributed by atoms with Crippen molar-refractivity contribution in [2.24, 2.45) is 114 Å². The summed E-state index contributed by atoms with van der Waals surface area (Å²) < 4.78 is 38.9. The van der Waals surface area contributed by atoms with Gasteiger partial charge in [-0.05, 0) is 149 Å². The van der Waals surface area contributed by atoms with E-state index < -0.39 is 213 Å². The molecule has 3 unspecified atom stereocenters. The van der Waals surface area contributed by atoms with Gasteiger partial charge in [-0.1, -0.05) is 197 Å². The van der Waals surface area contributed by atoms with Crippen LogP contribution >= 0.6 is 0 Å². The van der Waals surface area contributed by atoms with Crippen LogP contribution < -0.4 is 65.1 Å². The van der Waals surface area contributed by atoms with Gasteiger partial charge in [0.2, 0.25) is 70.5 Å². The number of carbonyl (C=O) groups is 18. The summed E-state index contributed by atoms with van der Waals surface area (Å²) in [5.74, 6) is -11.1. The minimum Gasteiger partial charge on any atom is -0.363 e. The molecule has 0 aromatic carbocycles. The Morgan fingerprint density at radius 3 is 1.00 bits per heavy atom. The maximum Gasteiger partial charge on any atom is 0.389 e. The number of Topliss-reactive ketones (excluding diaryl/α,β-unsaturated/α-hetero) is 3. The monoisotopic (exact) mass is 1910 g/mol. The van der Waals surface area contributed by atoms with Crippen molar-refractivity contribution in [3.05, 3.63) is 12.7 Å². The highest BCUT2D eigenvalue weighted by Gasteiger charge is 2.73. The molecule has 760 valence electrons. The normalized spacial score (nSPS) is 24.3. The minimum absolute atomic E-state index is 0.0693. The van der Waals surface area contributed by atoms with Crippen LogP contribution in [0.3, 0.4) is 0 Å². The number of nitrogens with one attached hydrogen (secondary N) is 9. The van der Waals surface area contributed by atoms with Crippen molar-refractivity contribution in [3.63, 3.8) is 0 Å². The number of primary amides is 3. The number of halogens is 3. The van der Waals surface area contributed by atoms with E-state index in [2.05, 4.69) is 68.3 Å². The number of ketones is 3. The first-order chi connectivity index (χ1) is 61.7. The number of alkyl halides is 3. The van der Waals surface area contributed by atoms with E-state index in [0.717, 1.165) is 51.4 Å². The Morgan fingerprint density at radius 1 is 0.415 bits per heavy atom.